The average molecular weight is 369 g/mol. The van der Waals surface area contributed by atoms with Gasteiger partial charge in [-0.05, 0) is 37.7 Å². The van der Waals surface area contributed by atoms with Gasteiger partial charge in [-0.1, -0.05) is 35.5 Å². The fraction of sp³-hybridized carbons (Fsp3) is 0.450. The van der Waals surface area contributed by atoms with E-state index in [0.717, 1.165) is 24.2 Å². The maximum absolute atomic E-state index is 12.5. The van der Waals surface area contributed by atoms with E-state index in [9.17, 15) is 14.7 Å². The number of piperidine rings is 1. The lowest BCUT2D eigenvalue weighted by Crippen LogP contribution is -2.52. The molecule has 1 saturated carbocycles. The summed E-state index contributed by atoms with van der Waals surface area (Å²) in [4.78, 5) is 25.6. The van der Waals surface area contributed by atoms with Gasteiger partial charge in [-0.2, -0.15) is 0 Å². The van der Waals surface area contributed by atoms with E-state index in [4.69, 9.17) is 4.52 Å². The molecule has 1 aromatic carbocycles. The van der Waals surface area contributed by atoms with Crippen LogP contribution in [0.15, 0.2) is 40.9 Å². The van der Waals surface area contributed by atoms with Crippen LogP contribution in [0.2, 0.25) is 0 Å². The number of amides is 2. The third-order valence-electron chi connectivity index (χ3n) is 5.35. The molecule has 1 aromatic heterocycles. The van der Waals surface area contributed by atoms with Gasteiger partial charge >= 0.3 is 6.09 Å². The zero-order valence-electron chi connectivity index (χ0n) is 15.0. The smallest absolute Gasteiger partial charge is 0.407 e. The SMILES string of the molecule is O=C(N[C@H]1CCN(C(=O)O)[C@H](Cc2ccccc2)C1)c1cc(C2CC2)on1. The molecular formula is C20H23N3O4. The van der Waals surface area contributed by atoms with E-state index >= 15 is 0 Å². The van der Waals surface area contributed by atoms with Crippen LogP contribution in [-0.4, -0.2) is 45.8 Å². The Kier molecular flexibility index (Phi) is 4.83. The Labute approximate surface area is 157 Å². The first kappa shape index (κ1) is 17.6. The molecule has 2 atom stereocenters. The third kappa shape index (κ3) is 4.13. The van der Waals surface area contributed by atoms with E-state index in [1.807, 2.05) is 30.3 Å². The highest BCUT2D eigenvalue weighted by Crippen LogP contribution is 2.40. The van der Waals surface area contributed by atoms with Crippen LogP contribution in [0.25, 0.3) is 0 Å². The lowest BCUT2D eigenvalue weighted by molar-refractivity contribution is 0.0825. The first-order valence-electron chi connectivity index (χ1n) is 9.41. The van der Waals surface area contributed by atoms with Gasteiger partial charge in [0.25, 0.3) is 5.91 Å². The van der Waals surface area contributed by atoms with Gasteiger partial charge < -0.3 is 19.8 Å². The van der Waals surface area contributed by atoms with Gasteiger partial charge in [-0.25, -0.2) is 4.79 Å². The minimum atomic E-state index is -0.911. The van der Waals surface area contributed by atoms with E-state index < -0.39 is 6.09 Å². The molecule has 0 radical (unpaired) electrons. The first-order valence-corrected chi connectivity index (χ1v) is 9.41. The molecule has 2 N–H and O–H groups in total. The number of carbonyl (C=O) groups excluding carboxylic acids is 1. The van der Waals surface area contributed by atoms with Gasteiger partial charge in [0.05, 0.1) is 0 Å². The van der Waals surface area contributed by atoms with Gasteiger partial charge in [0.2, 0.25) is 0 Å². The predicted molar refractivity (Wildman–Crippen MR) is 97.6 cm³/mol. The quantitative estimate of drug-likeness (QED) is 0.845. The van der Waals surface area contributed by atoms with Crippen LogP contribution in [-0.2, 0) is 6.42 Å². The summed E-state index contributed by atoms with van der Waals surface area (Å²) in [7, 11) is 0. The van der Waals surface area contributed by atoms with Crippen molar-refractivity contribution in [2.45, 2.75) is 50.1 Å². The van der Waals surface area contributed by atoms with Crippen LogP contribution in [0.3, 0.4) is 0 Å². The summed E-state index contributed by atoms with van der Waals surface area (Å²) < 4.78 is 5.25. The van der Waals surface area contributed by atoms with Crippen LogP contribution in [0.1, 0.15) is 53.4 Å². The summed E-state index contributed by atoms with van der Waals surface area (Å²) in [6, 6.07) is 11.3. The van der Waals surface area contributed by atoms with Crippen molar-refractivity contribution in [3.8, 4) is 0 Å². The molecule has 2 aromatic rings. The van der Waals surface area contributed by atoms with Gasteiger partial charge in [0.15, 0.2) is 5.69 Å². The molecule has 0 unspecified atom stereocenters. The van der Waals surface area contributed by atoms with Crippen molar-refractivity contribution < 1.29 is 19.2 Å². The second-order valence-corrected chi connectivity index (χ2v) is 7.40. The van der Waals surface area contributed by atoms with Crippen molar-refractivity contribution >= 4 is 12.0 Å². The van der Waals surface area contributed by atoms with Gasteiger partial charge in [-0.3, -0.25) is 4.79 Å². The van der Waals surface area contributed by atoms with Gasteiger partial charge in [-0.15, -0.1) is 0 Å². The van der Waals surface area contributed by atoms with Crippen LogP contribution in [0.5, 0.6) is 0 Å². The Bertz CT molecular complexity index is 816. The molecule has 2 fully saturated rings. The van der Waals surface area contributed by atoms with Gasteiger partial charge in [0.1, 0.15) is 5.76 Å². The van der Waals surface area contributed by atoms with E-state index in [1.54, 1.807) is 6.07 Å². The summed E-state index contributed by atoms with van der Waals surface area (Å²) in [6.45, 7) is 0.407. The van der Waals surface area contributed by atoms with Crippen LogP contribution in [0, 0.1) is 0 Å². The summed E-state index contributed by atoms with van der Waals surface area (Å²) in [5.41, 5.74) is 1.39. The minimum Gasteiger partial charge on any atom is -0.465 e. The minimum absolute atomic E-state index is 0.0807. The zero-order valence-corrected chi connectivity index (χ0v) is 15.0. The molecule has 7 heteroatoms. The standard InChI is InChI=1S/C20H23N3O4/c24-19(17-12-18(27-22-17)14-6-7-14)21-15-8-9-23(20(25)26)16(11-15)10-13-4-2-1-3-5-13/h1-5,12,14-16H,6-11H2,(H,21,24)(H,25,26)/t15-,16+/m0/s1. The molecule has 1 aliphatic heterocycles. The summed E-state index contributed by atoms with van der Waals surface area (Å²) >= 11 is 0. The molecule has 4 rings (SSSR count). The number of benzene rings is 1. The number of carbonyl (C=O) groups is 2. The number of likely N-dealkylation sites (tertiary alicyclic amines) is 1. The molecule has 2 amide bonds. The van der Waals surface area contributed by atoms with Crippen molar-refractivity contribution in [2.24, 2.45) is 0 Å². The number of aromatic nitrogens is 1. The lowest BCUT2D eigenvalue weighted by atomic mass is 9.92. The molecule has 1 saturated heterocycles. The predicted octanol–water partition coefficient (Wildman–Crippen LogP) is 3.04. The number of hydrogen-bond acceptors (Lipinski definition) is 4. The van der Waals surface area contributed by atoms with Crippen LogP contribution in [0.4, 0.5) is 4.79 Å². The molecule has 0 bridgehead atoms. The van der Waals surface area contributed by atoms with E-state index in [1.165, 1.54) is 4.90 Å². The van der Waals surface area contributed by atoms with Crippen molar-refractivity contribution in [3.63, 3.8) is 0 Å². The number of rotatable bonds is 5. The summed E-state index contributed by atoms with van der Waals surface area (Å²) in [5.74, 6) is 0.939. The average Bonchev–Trinajstić information content (AvgIpc) is 3.39. The number of nitrogens with zero attached hydrogens (tertiary/aromatic N) is 2. The first-order chi connectivity index (χ1) is 13.1. The zero-order chi connectivity index (χ0) is 18.8. The highest BCUT2D eigenvalue weighted by molar-refractivity contribution is 5.92. The molecule has 2 aliphatic rings. The van der Waals surface area contributed by atoms with Crippen LogP contribution < -0.4 is 5.32 Å². The van der Waals surface area contributed by atoms with E-state index in [0.29, 0.717) is 37.4 Å². The molecule has 27 heavy (non-hydrogen) atoms. The maximum Gasteiger partial charge on any atom is 0.407 e. The molecule has 1 aliphatic carbocycles. The highest BCUT2D eigenvalue weighted by Gasteiger charge is 2.33. The van der Waals surface area contributed by atoms with Crippen molar-refractivity contribution in [1.82, 2.24) is 15.4 Å². The normalized spacial score (nSPS) is 22.4. The van der Waals surface area contributed by atoms with Crippen molar-refractivity contribution in [2.75, 3.05) is 6.54 Å². The Morgan fingerprint density at radius 3 is 2.70 bits per heavy atom. The monoisotopic (exact) mass is 369 g/mol. The highest BCUT2D eigenvalue weighted by atomic mass is 16.5. The van der Waals surface area contributed by atoms with Crippen molar-refractivity contribution in [3.05, 3.63) is 53.4 Å². The lowest BCUT2D eigenvalue weighted by Gasteiger charge is -2.38. The second kappa shape index (κ2) is 7.42. The number of carboxylic acid groups (broad SMARTS) is 1. The van der Waals surface area contributed by atoms with E-state index in [-0.39, 0.29) is 18.0 Å². The van der Waals surface area contributed by atoms with Crippen LogP contribution >= 0.6 is 0 Å². The Balaban J connectivity index is 1.40. The Morgan fingerprint density at radius 1 is 1.22 bits per heavy atom. The molecule has 2 heterocycles. The Hall–Kier alpha value is -2.83. The maximum atomic E-state index is 12.5. The third-order valence-corrected chi connectivity index (χ3v) is 5.35. The summed E-state index contributed by atoms with van der Waals surface area (Å²) in [5, 5.41) is 16.4. The topological polar surface area (TPSA) is 95.7 Å². The fourth-order valence-corrected chi connectivity index (χ4v) is 3.73. The molecule has 142 valence electrons. The second-order valence-electron chi connectivity index (χ2n) is 7.40. The van der Waals surface area contributed by atoms with Crippen molar-refractivity contribution in [1.29, 1.82) is 0 Å². The molecule has 0 spiro atoms. The number of nitrogens with one attached hydrogen (secondary N) is 1. The molecular weight excluding hydrogens is 346 g/mol. The Morgan fingerprint density at radius 2 is 2.00 bits per heavy atom. The molecule has 7 nitrogen and oxygen atoms in total. The summed E-state index contributed by atoms with van der Waals surface area (Å²) in [6.07, 6.45) is 3.08. The largest absolute Gasteiger partial charge is 0.465 e. The fourth-order valence-electron chi connectivity index (χ4n) is 3.73. The number of hydrogen-bond donors (Lipinski definition) is 2. The van der Waals surface area contributed by atoms with E-state index in [2.05, 4.69) is 10.5 Å². The van der Waals surface area contributed by atoms with Gasteiger partial charge in [0, 0.05) is 30.6 Å².